The van der Waals surface area contributed by atoms with Gasteiger partial charge in [0.2, 0.25) is 0 Å². The van der Waals surface area contributed by atoms with E-state index in [2.05, 4.69) is 30.3 Å². The Morgan fingerprint density at radius 1 is 1.12 bits per heavy atom. The van der Waals surface area contributed by atoms with Crippen molar-refractivity contribution in [2.45, 2.75) is 12.8 Å². The predicted molar refractivity (Wildman–Crippen MR) is 67.9 cm³/mol. The van der Waals surface area contributed by atoms with Crippen molar-refractivity contribution in [3.05, 3.63) is 42.0 Å². The van der Waals surface area contributed by atoms with E-state index in [-0.39, 0.29) is 0 Å². The number of methoxy groups -OCH3 is 1. The Bertz CT molecular complexity index is 479. The van der Waals surface area contributed by atoms with E-state index in [1.807, 2.05) is 6.07 Å². The van der Waals surface area contributed by atoms with E-state index in [0.717, 1.165) is 18.6 Å². The molecule has 0 atom stereocenters. The molecule has 16 heavy (non-hydrogen) atoms. The molecule has 0 aromatic heterocycles. The normalized spacial score (nSPS) is 10.6. The minimum absolute atomic E-state index is 0.715. The van der Waals surface area contributed by atoms with Crippen molar-refractivity contribution in [1.82, 2.24) is 0 Å². The maximum absolute atomic E-state index is 5.57. The molecule has 0 spiro atoms. The first kappa shape index (κ1) is 11.0. The van der Waals surface area contributed by atoms with E-state index >= 15 is 0 Å². The summed E-state index contributed by atoms with van der Waals surface area (Å²) < 4.78 is 5.41. The highest BCUT2D eigenvalue weighted by molar-refractivity contribution is 5.87. The van der Waals surface area contributed by atoms with Crippen molar-refractivity contribution in [3.63, 3.8) is 0 Å². The van der Waals surface area contributed by atoms with Gasteiger partial charge in [0.25, 0.3) is 0 Å². The number of ether oxygens (including phenoxy) is 1. The molecule has 0 aliphatic rings. The molecule has 2 aromatic carbocycles. The number of fused-ring (bicyclic) bond motifs is 1. The van der Waals surface area contributed by atoms with Gasteiger partial charge in [-0.1, -0.05) is 30.3 Å². The number of aryl methyl sites for hydroxylation is 1. The standard InChI is InChI=1S/C14H17NO/c1-16-14-9-8-11-5-2-3-6-12(11)13(14)7-4-10-15/h2-3,5-6,8-9H,4,7,10,15H2,1H3. The van der Waals surface area contributed by atoms with E-state index < -0.39 is 0 Å². The van der Waals surface area contributed by atoms with Gasteiger partial charge in [-0.25, -0.2) is 0 Å². The predicted octanol–water partition coefficient (Wildman–Crippen LogP) is 2.74. The van der Waals surface area contributed by atoms with Crippen LogP contribution >= 0.6 is 0 Å². The first-order valence-electron chi connectivity index (χ1n) is 5.61. The largest absolute Gasteiger partial charge is 0.496 e. The quantitative estimate of drug-likeness (QED) is 0.851. The summed E-state index contributed by atoms with van der Waals surface area (Å²) in [5.41, 5.74) is 6.84. The van der Waals surface area contributed by atoms with Crippen LogP contribution < -0.4 is 10.5 Å². The molecule has 2 N–H and O–H groups in total. The van der Waals surface area contributed by atoms with Crippen LogP contribution in [0.3, 0.4) is 0 Å². The summed E-state index contributed by atoms with van der Waals surface area (Å²) in [4.78, 5) is 0. The molecule has 0 unspecified atom stereocenters. The molecule has 0 radical (unpaired) electrons. The van der Waals surface area contributed by atoms with Crippen molar-refractivity contribution in [3.8, 4) is 5.75 Å². The first-order chi connectivity index (χ1) is 7.86. The highest BCUT2D eigenvalue weighted by atomic mass is 16.5. The fourth-order valence-corrected chi connectivity index (χ4v) is 2.04. The molecule has 84 valence electrons. The Hall–Kier alpha value is -1.54. The van der Waals surface area contributed by atoms with Crippen LogP contribution in [0.15, 0.2) is 36.4 Å². The van der Waals surface area contributed by atoms with Crippen molar-refractivity contribution in [2.24, 2.45) is 5.73 Å². The van der Waals surface area contributed by atoms with Crippen LogP contribution in [0.1, 0.15) is 12.0 Å². The van der Waals surface area contributed by atoms with E-state index in [4.69, 9.17) is 10.5 Å². The monoisotopic (exact) mass is 215 g/mol. The van der Waals surface area contributed by atoms with Crippen LogP contribution in [0.4, 0.5) is 0 Å². The Balaban J connectivity index is 2.54. The fraction of sp³-hybridized carbons (Fsp3) is 0.286. The Morgan fingerprint density at radius 2 is 1.94 bits per heavy atom. The molecular weight excluding hydrogens is 198 g/mol. The van der Waals surface area contributed by atoms with Gasteiger partial charge >= 0.3 is 0 Å². The molecule has 0 aliphatic carbocycles. The summed E-state index contributed by atoms with van der Waals surface area (Å²) in [6.07, 6.45) is 1.96. The Morgan fingerprint density at radius 3 is 2.69 bits per heavy atom. The summed E-state index contributed by atoms with van der Waals surface area (Å²) in [5.74, 6) is 0.965. The lowest BCUT2D eigenvalue weighted by molar-refractivity contribution is 0.410. The second-order valence-corrected chi connectivity index (χ2v) is 3.86. The molecule has 2 aromatic rings. The number of benzene rings is 2. The lowest BCUT2D eigenvalue weighted by Gasteiger charge is -2.11. The zero-order valence-electron chi connectivity index (χ0n) is 9.57. The van der Waals surface area contributed by atoms with Crippen molar-refractivity contribution < 1.29 is 4.74 Å². The molecular formula is C14H17NO. The Kier molecular flexibility index (Phi) is 3.42. The Labute approximate surface area is 96.0 Å². The smallest absolute Gasteiger partial charge is 0.122 e. The van der Waals surface area contributed by atoms with Crippen LogP contribution in [0.2, 0.25) is 0 Å². The SMILES string of the molecule is COc1ccc2ccccc2c1CCCN. The minimum atomic E-state index is 0.715. The lowest BCUT2D eigenvalue weighted by atomic mass is 10.00. The molecule has 0 aliphatic heterocycles. The molecule has 0 bridgehead atoms. The van der Waals surface area contributed by atoms with Gasteiger partial charge in [-0.2, -0.15) is 0 Å². The minimum Gasteiger partial charge on any atom is -0.496 e. The van der Waals surface area contributed by atoms with Gasteiger partial charge in [0.15, 0.2) is 0 Å². The second-order valence-electron chi connectivity index (χ2n) is 3.86. The molecule has 0 fully saturated rings. The number of hydrogen-bond donors (Lipinski definition) is 1. The molecule has 0 saturated heterocycles. The zero-order valence-corrected chi connectivity index (χ0v) is 9.57. The van der Waals surface area contributed by atoms with Crippen molar-refractivity contribution in [2.75, 3.05) is 13.7 Å². The van der Waals surface area contributed by atoms with Crippen LogP contribution in [0.5, 0.6) is 5.75 Å². The highest BCUT2D eigenvalue weighted by Crippen LogP contribution is 2.28. The van der Waals surface area contributed by atoms with E-state index in [1.165, 1.54) is 16.3 Å². The molecule has 0 saturated carbocycles. The molecule has 0 amide bonds. The van der Waals surface area contributed by atoms with Gasteiger partial charge in [0.1, 0.15) is 5.75 Å². The lowest BCUT2D eigenvalue weighted by Crippen LogP contribution is -2.02. The molecule has 2 nitrogen and oxygen atoms in total. The molecule has 2 heteroatoms. The van der Waals surface area contributed by atoms with Gasteiger partial charge in [0.05, 0.1) is 7.11 Å². The summed E-state index contributed by atoms with van der Waals surface area (Å²) >= 11 is 0. The van der Waals surface area contributed by atoms with Gasteiger partial charge in [-0.05, 0) is 36.2 Å². The second kappa shape index (κ2) is 4.99. The van der Waals surface area contributed by atoms with Gasteiger partial charge in [-0.15, -0.1) is 0 Å². The average Bonchev–Trinajstić information content (AvgIpc) is 2.35. The highest BCUT2D eigenvalue weighted by Gasteiger charge is 2.06. The third-order valence-electron chi connectivity index (χ3n) is 2.85. The van der Waals surface area contributed by atoms with Gasteiger partial charge in [0, 0.05) is 5.56 Å². The summed E-state index contributed by atoms with van der Waals surface area (Å²) in [6, 6.07) is 12.5. The topological polar surface area (TPSA) is 35.2 Å². The van der Waals surface area contributed by atoms with Gasteiger partial charge in [-0.3, -0.25) is 0 Å². The van der Waals surface area contributed by atoms with Crippen LogP contribution in [0, 0.1) is 0 Å². The number of nitrogens with two attached hydrogens (primary N) is 1. The fourth-order valence-electron chi connectivity index (χ4n) is 2.04. The van der Waals surface area contributed by atoms with E-state index in [1.54, 1.807) is 7.11 Å². The summed E-state index contributed by atoms with van der Waals surface area (Å²) in [7, 11) is 1.72. The number of rotatable bonds is 4. The van der Waals surface area contributed by atoms with E-state index in [0.29, 0.717) is 6.54 Å². The molecule has 0 heterocycles. The van der Waals surface area contributed by atoms with Crippen LogP contribution in [0.25, 0.3) is 10.8 Å². The maximum atomic E-state index is 5.57. The third-order valence-corrected chi connectivity index (χ3v) is 2.85. The van der Waals surface area contributed by atoms with Crippen LogP contribution in [-0.2, 0) is 6.42 Å². The average molecular weight is 215 g/mol. The molecule has 2 rings (SSSR count). The first-order valence-corrected chi connectivity index (χ1v) is 5.61. The van der Waals surface area contributed by atoms with Crippen molar-refractivity contribution in [1.29, 1.82) is 0 Å². The number of hydrogen-bond acceptors (Lipinski definition) is 2. The maximum Gasteiger partial charge on any atom is 0.122 e. The summed E-state index contributed by atoms with van der Waals surface area (Å²) in [5, 5.41) is 2.53. The van der Waals surface area contributed by atoms with Crippen LogP contribution in [-0.4, -0.2) is 13.7 Å². The summed E-state index contributed by atoms with van der Waals surface area (Å²) in [6.45, 7) is 0.715. The zero-order chi connectivity index (χ0) is 11.4. The van der Waals surface area contributed by atoms with Crippen molar-refractivity contribution >= 4 is 10.8 Å². The van der Waals surface area contributed by atoms with Gasteiger partial charge < -0.3 is 10.5 Å². The van der Waals surface area contributed by atoms with E-state index in [9.17, 15) is 0 Å². The third kappa shape index (κ3) is 2.02.